The summed E-state index contributed by atoms with van der Waals surface area (Å²) in [5.41, 5.74) is -0.909. The van der Waals surface area contributed by atoms with E-state index in [4.69, 9.17) is 0 Å². The molecule has 21 heavy (non-hydrogen) atoms. The van der Waals surface area contributed by atoms with E-state index in [0.717, 1.165) is 18.9 Å². The first-order valence-corrected chi connectivity index (χ1v) is 7.30. The molecule has 0 bridgehead atoms. The number of nitrogens with zero attached hydrogens (tertiary/aromatic N) is 3. The van der Waals surface area contributed by atoms with Gasteiger partial charge in [0.2, 0.25) is 5.95 Å². The van der Waals surface area contributed by atoms with Crippen LogP contribution in [0.25, 0.3) is 0 Å². The van der Waals surface area contributed by atoms with Gasteiger partial charge >= 0.3 is 6.18 Å². The van der Waals surface area contributed by atoms with Crippen LogP contribution in [-0.4, -0.2) is 29.1 Å². The lowest BCUT2D eigenvalue weighted by Gasteiger charge is -2.29. The molecule has 1 aromatic rings. The molecule has 1 aromatic heterocycles. The molecule has 4 nitrogen and oxygen atoms in total. The van der Waals surface area contributed by atoms with Gasteiger partial charge in [-0.3, -0.25) is 0 Å². The fourth-order valence-corrected chi connectivity index (χ4v) is 1.96. The molecule has 0 fully saturated rings. The summed E-state index contributed by atoms with van der Waals surface area (Å²) >= 11 is 0. The first kappa shape index (κ1) is 17.5. The van der Waals surface area contributed by atoms with Crippen LogP contribution in [0, 0.1) is 0 Å². The van der Waals surface area contributed by atoms with Crippen molar-refractivity contribution in [1.82, 2.24) is 9.97 Å². The minimum atomic E-state index is -4.48. The molecule has 0 amide bonds. The van der Waals surface area contributed by atoms with Crippen LogP contribution >= 0.6 is 0 Å². The minimum absolute atomic E-state index is 0.0310. The van der Waals surface area contributed by atoms with Gasteiger partial charge in [0.1, 0.15) is 5.82 Å². The van der Waals surface area contributed by atoms with Gasteiger partial charge in [0.15, 0.2) is 5.69 Å². The number of alkyl halides is 3. The molecule has 1 N–H and O–H groups in total. The van der Waals surface area contributed by atoms with E-state index in [1.807, 2.05) is 32.6 Å². The molecule has 7 heteroatoms. The Morgan fingerprint density at radius 3 is 2.38 bits per heavy atom. The summed E-state index contributed by atoms with van der Waals surface area (Å²) in [5, 5.41) is 2.83. The molecule has 0 aromatic carbocycles. The van der Waals surface area contributed by atoms with Crippen molar-refractivity contribution in [2.75, 3.05) is 23.3 Å². The molecule has 1 atom stereocenters. The second-order valence-corrected chi connectivity index (χ2v) is 4.90. The first-order chi connectivity index (χ1) is 9.83. The van der Waals surface area contributed by atoms with Gasteiger partial charge in [0.25, 0.3) is 0 Å². The zero-order valence-corrected chi connectivity index (χ0v) is 13.0. The molecule has 120 valence electrons. The third-order valence-electron chi connectivity index (χ3n) is 3.29. The highest BCUT2D eigenvalue weighted by Crippen LogP contribution is 2.31. The second kappa shape index (κ2) is 7.47. The van der Waals surface area contributed by atoms with Crippen LogP contribution in [0.1, 0.15) is 46.2 Å². The molecule has 1 heterocycles. The van der Waals surface area contributed by atoms with Crippen molar-refractivity contribution in [3.05, 3.63) is 11.8 Å². The Labute approximate surface area is 123 Å². The molecule has 0 aliphatic rings. The predicted molar refractivity (Wildman–Crippen MR) is 78.6 cm³/mol. The van der Waals surface area contributed by atoms with Crippen LogP contribution in [0.4, 0.5) is 24.9 Å². The lowest BCUT2D eigenvalue weighted by atomic mass is 10.2. The Morgan fingerprint density at radius 1 is 1.24 bits per heavy atom. The van der Waals surface area contributed by atoms with Gasteiger partial charge in [-0.15, -0.1) is 0 Å². The minimum Gasteiger partial charge on any atom is -0.354 e. The van der Waals surface area contributed by atoms with Crippen molar-refractivity contribution >= 4 is 11.8 Å². The van der Waals surface area contributed by atoms with Gasteiger partial charge in [-0.25, -0.2) is 4.98 Å². The van der Waals surface area contributed by atoms with Crippen LogP contribution in [0.5, 0.6) is 0 Å². The smallest absolute Gasteiger partial charge is 0.354 e. The molecule has 0 spiro atoms. The first-order valence-electron chi connectivity index (χ1n) is 7.30. The molecule has 0 radical (unpaired) electrons. The number of halogens is 3. The van der Waals surface area contributed by atoms with Crippen LogP contribution < -0.4 is 10.2 Å². The lowest BCUT2D eigenvalue weighted by Crippen LogP contribution is -2.33. The van der Waals surface area contributed by atoms with E-state index in [1.165, 1.54) is 0 Å². The normalized spacial score (nSPS) is 13.1. The Kier molecular flexibility index (Phi) is 6.23. The number of hydrogen-bond donors (Lipinski definition) is 1. The van der Waals surface area contributed by atoms with E-state index >= 15 is 0 Å². The topological polar surface area (TPSA) is 41.1 Å². The van der Waals surface area contributed by atoms with Crippen LogP contribution in [0.15, 0.2) is 6.07 Å². The monoisotopic (exact) mass is 304 g/mol. The van der Waals surface area contributed by atoms with E-state index in [9.17, 15) is 13.2 Å². The summed E-state index contributed by atoms with van der Waals surface area (Å²) in [6, 6.07) is 1.14. The highest BCUT2D eigenvalue weighted by molar-refractivity contribution is 5.46. The van der Waals surface area contributed by atoms with E-state index in [-0.39, 0.29) is 12.0 Å². The van der Waals surface area contributed by atoms with Crippen LogP contribution in [-0.2, 0) is 6.18 Å². The highest BCUT2D eigenvalue weighted by Gasteiger charge is 2.34. The second-order valence-electron chi connectivity index (χ2n) is 4.90. The standard InChI is InChI=1S/C14H23F3N4/c1-5-8-18-13-19-11(14(15,16)17)9-12(20-13)21(7-3)10(4)6-2/h9-10H,5-8H2,1-4H3,(H,18,19,20). The number of aromatic nitrogens is 2. The molecule has 1 rings (SSSR count). The fourth-order valence-electron chi connectivity index (χ4n) is 1.96. The van der Waals surface area contributed by atoms with Crippen molar-refractivity contribution in [3.63, 3.8) is 0 Å². The number of hydrogen-bond acceptors (Lipinski definition) is 4. The zero-order valence-electron chi connectivity index (χ0n) is 13.0. The summed E-state index contributed by atoms with van der Waals surface area (Å²) in [6.07, 6.45) is -2.86. The maximum Gasteiger partial charge on any atom is 0.433 e. The van der Waals surface area contributed by atoms with E-state index < -0.39 is 11.9 Å². The predicted octanol–water partition coefficient (Wildman–Crippen LogP) is 3.94. The van der Waals surface area contributed by atoms with Crippen molar-refractivity contribution in [1.29, 1.82) is 0 Å². The molecule has 0 aliphatic carbocycles. The van der Waals surface area contributed by atoms with Gasteiger partial charge < -0.3 is 10.2 Å². The van der Waals surface area contributed by atoms with Crippen molar-refractivity contribution in [2.45, 2.75) is 52.8 Å². The Balaban J connectivity index is 3.22. The summed E-state index contributed by atoms with van der Waals surface area (Å²) < 4.78 is 39.0. The van der Waals surface area contributed by atoms with Crippen molar-refractivity contribution in [3.8, 4) is 0 Å². The van der Waals surface area contributed by atoms with E-state index in [1.54, 1.807) is 0 Å². The molecule has 0 aliphatic heterocycles. The highest BCUT2D eigenvalue weighted by atomic mass is 19.4. The average molecular weight is 304 g/mol. The summed E-state index contributed by atoms with van der Waals surface area (Å²) in [4.78, 5) is 9.65. The Hall–Kier alpha value is -1.53. The van der Waals surface area contributed by atoms with Gasteiger partial charge in [-0.05, 0) is 26.7 Å². The van der Waals surface area contributed by atoms with E-state index in [0.29, 0.717) is 18.9 Å². The van der Waals surface area contributed by atoms with Crippen LogP contribution in [0.3, 0.4) is 0 Å². The summed E-state index contributed by atoms with van der Waals surface area (Å²) in [6.45, 7) is 8.93. The quantitative estimate of drug-likeness (QED) is 0.828. The SMILES string of the molecule is CCCNc1nc(N(CC)C(C)CC)cc(C(F)(F)F)n1. The van der Waals surface area contributed by atoms with Crippen molar-refractivity contribution in [2.24, 2.45) is 0 Å². The molecular formula is C14H23F3N4. The molecular weight excluding hydrogens is 281 g/mol. The number of nitrogens with one attached hydrogen (secondary N) is 1. The molecule has 1 unspecified atom stereocenters. The number of anilines is 2. The largest absolute Gasteiger partial charge is 0.433 e. The van der Waals surface area contributed by atoms with Gasteiger partial charge in [0.05, 0.1) is 0 Å². The third-order valence-corrected chi connectivity index (χ3v) is 3.29. The summed E-state index contributed by atoms with van der Waals surface area (Å²) in [5.74, 6) is 0.344. The van der Waals surface area contributed by atoms with E-state index in [2.05, 4.69) is 15.3 Å². The fraction of sp³-hybridized carbons (Fsp3) is 0.714. The van der Waals surface area contributed by atoms with Gasteiger partial charge in [-0.2, -0.15) is 18.2 Å². The summed E-state index contributed by atoms with van der Waals surface area (Å²) in [7, 11) is 0. The average Bonchev–Trinajstić information content (AvgIpc) is 2.44. The Bertz CT molecular complexity index is 448. The zero-order chi connectivity index (χ0) is 16.0. The number of rotatable bonds is 7. The van der Waals surface area contributed by atoms with Crippen LogP contribution in [0.2, 0.25) is 0 Å². The van der Waals surface area contributed by atoms with Gasteiger partial charge in [0, 0.05) is 25.2 Å². The maximum atomic E-state index is 13.0. The third kappa shape index (κ3) is 4.75. The van der Waals surface area contributed by atoms with Gasteiger partial charge in [-0.1, -0.05) is 13.8 Å². The van der Waals surface area contributed by atoms with Crippen molar-refractivity contribution < 1.29 is 13.2 Å². The maximum absolute atomic E-state index is 13.0. The Morgan fingerprint density at radius 2 is 1.90 bits per heavy atom. The molecule has 0 saturated carbocycles. The lowest BCUT2D eigenvalue weighted by molar-refractivity contribution is -0.141. The molecule has 0 saturated heterocycles.